The zero-order valence-corrected chi connectivity index (χ0v) is 17.9. The van der Waals surface area contributed by atoms with Crippen molar-refractivity contribution in [1.82, 2.24) is 14.8 Å². The summed E-state index contributed by atoms with van der Waals surface area (Å²) in [5.41, 5.74) is 3.55. The van der Waals surface area contributed by atoms with Gasteiger partial charge in [0, 0.05) is 10.8 Å². The molecule has 0 N–H and O–H groups in total. The van der Waals surface area contributed by atoms with Crippen molar-refractivity contribution in [2.45, 2.75) is 26.7 Å². The smallest absolute Gasteiger partial charge is 0.346 e. The number of hydrogen-bond acceptors (Lipinski definition) is 4. The highest BCUT2D eigenvalue weighted by Gasteiger charge is 2.22. The zero-order valence-electron chi connectivity index (χ0n) is 17.9. The van der Waals surface area contributed by atoms with Crippen molar-refractivity contribution in [2.75, 3.05) is 0 Å². The van der Waals surface area contributed by atoms with Crippen LogP contribution in [0, 0.1) is 6.92 Å². The van der Waals surface area contributed by atoms with E-state index >= 15 is 0 Å². The van der Waals surface area contributed by atoms with E-state index in [0.29, 0.717) is 17.4 Å². The third-order valence-corrected chi connectivity index (χ3v) is 6.10. The second kappa shape index (κ2) is 7.02. The maximum atomic E-state index is 13.2. The largest absolute Gasteiger partial charge is 0.422 e. The summed E-state index contributed by atoms with van der Waals surface area (Å²) in [7, 11) is 0. The molecular formula is C27H21N3O2. The number of para-hydroxylation sites is 1. The lowest BCUT2D eigenvalue weighted by Crippen LogP contribution is -2.07. The Bertz CT molecular complexity index is 1710. The topological polar surface area (TPSA) is 60.9 Å². The minimum atomic E-state index is -0.340. The van der Waals surface area contributed by atoms with Gasteiger partial charge in [-0.15, -0.1) is 0 Å². The van der Waals surface area contributed by atoms with Crippen LogP contribution in [-0.4, -0.2) is 14.8 Å². The molecule has 5 nitrogen and oxygen atoms in total. The maximum absolute atomic E-state index is 13.2. The fourth-order valence-corrected chi connectivity index (χ4v) is 4.75. The Morgan fingerprint density at radius 2 is 1.66 bits per heavy atom. The van der Waals surface area contributed by atoms with Crippen LogP contribution >= 0.6 is 0 Å². The van der Waals surface area contributed by atoms with E-state index in [0.717, 1.165) is 56.1 Å². The van der Waals surface area contributed by atoms with E-state index < -0.39 is 0 Å². The summed E-state index contributed by atoms with van der Waals surface area (Å²) < 4.78 is 7.71. The number of aromatic nitrogens is 3. The van der Waals surface area contributed by atoms with Crippen molar-refractivity contribution in [3.05, 3.63) is 88.5 Å². The molecule has 0 aliphatic heterocycles. The van der Waals surface area contributed by atoms with Crippen LogP contribution in [0.4, 0.5) is 0 Å². The van der Waals surface area contributed by atoms with Crippen molar-refractivity contribution in [3.63, 3.8) is 0 Å². The fraction of sp³-hybridized carbons (Fsp3) is 0.148. The predicted molar refractivity (Wildman–Crippen MR) is 129 cm³/mol. The van der Waals surface area contributed by atoms with E-state index in [1.54, 1.807) is 0 Å². The SMILES string of the molecule is CCCc1nc2c(c(C)nn2-c2ccccc2)c2c1c(=O)oc1ccc3ccccc3c12. The molecule has 0 spiro atoms. The monoisotopic (exact) mass is 419 g/mol. The Morgan fingerprint density at radius 1 is 0.875 bits per heavy atom. The van der Waals surface area contributed by atoms with Crippen molar-refractivity contribution in [2.24, 2.45) is 0 Å². The number of rotatable bonds is 3. The van der Waals surface area contributed by atoms with E-state index in [9.17, 15) is 4.79 Å². The van der Waals surface area contributed by atoms with Crippen LogP contribution in [-0.2, 0) is 6.42 Å². The first kappa shape index (κ1) is 18.8. The highest BCUT2D eigenvalue weighted by Crippen LogP contribution is 2.37. The number of nitrogens with zero attached hydrogens (tertiary/aromatic N) is 3. The van der Waals surface area contributed by atoms with Gasteiger partial charge in [0.05, 0.1) is 27.8 Å². The lowest BCUT2D eigenvalue weighted by Gasteiger charge is -2.11. The summed E-state index contributed by atoms with van der Waals surface area (Å²) in [6.07, 6.45) is 1.56. The molecule has 0 atom stereocenters. The lowest BCUT2D eigenvalue weighted by atomic mass is 9.97. The average molecular weight is 419 g/mol. The molecule has 32 heavy (non-hydrogen) atoms. The molecule has 0 amide bonds. The second-order valence-corrected chi connectivity index (χ2v) is 8.14. The normalized spacial score (nSPS) is 11.8. The van der Waals surface area contributed by atoms with Gasteiger partial charge in [0.25, 0.3) is 0 Å². The summed E-state index contributed by atoms with van der Waals surface area (Å²) in [6.45, 7) is 4.07. The molecule has 5 heteroatoms. The average Bonchev–Trinajstić information content (AvgIpc) is 3.15. The van der Waals surface area contributed by atoms with Crippen molar-refractivity contribution >= 4 is 43.5 Å². The first-order valence-corrected chi connectivity index (χ1v) is 10.9. The van der Waals surface area contributed by atoms with E-state index in [-0.39, 0.29) is 5.63 Å². The van der Waals surface area contributed by atoms with Crippen LogP contribution in [0.3, 0.4) is 0 Å². The van der Waals surface area contributed by atoms with Gasteiger partial charge in [0.2, 0.25) is 0 Å². The van der Waals surface area contributed by atoms with Crippen LogP contribution in [0.5, 0.6) is 0 Å². The molecule has 3 aromatic carbocycles. The van der Waals surface area contributed by atoms with Gasteiger partial charge in [-0.1, -0.05) is 61.9 Å². The molecule has 156 valence electrons. The number of fused-ring (bicyclic) bond motifs is 7. The van der Waals surface area contributed by atoms with Crippen molar-refractivity contribution in [1.29, 1.82) is 0 Å². The van der Waals surface area contributed by atoms with Crippen LogP contribution < -0.4 is 5.63 Å². The zero-order chi connectivity index (χ0) is 21.8. The van der Waals surface area contributed by atoms with Gasteiger partial charge in [-0.25, -0.2) is 14.5 Å². The summed E-state index contributed by atoms with van der Waals surface area (Å²) in [5.74, 6) is 0. The quantitative estimate of drug-likeness (QED) is 0.257. The van der Waals surface area contributed by atoms with Crippen LogP contribution in [0.2, 0.25) is 0 Å². The highest BCUT2D eigenvalue weighted by molar-refractivity contribution is 6.26. The molecule has 6 aromatic rings. The fourth-order valence-electron chi connectivity index (χ4n) is 4.75. The molecular weight excluding hydrogens is 398 g/mol. The third-order valence-electron chi connectivity index (χ3n) is 6.10. The minimum absolute atomic E-state index is 0.340. The molecule has 3 aromatic heterocycles. The van der Waals surface area contributed by atoms with Crippen LogP contribution in [0.15, 0.2) is 75.9 Å². The first-order chi connectivity index (χ1) is 15.7. The molecule has 0 fully saturated rings. The highest BCUT2D eigenvalue weighted by atomic mass is 16.4. The molecule has 0 unspecified atom stereocenters. The van der Waals surface area contributed by atoms with Gasteiger partial charge in [-0.2, -0.15) is 5.10 Å². The molecule has 0 saturated heterocycles. The van der Waals surface area contributed by atoms with E-state index in [1.165, 1.54) is 0 Å². The molecule has 0 aliphatic rings. The van der Waals surface area contributed by atoms with Gasteiger partial charge in [-0.05, 0) is 42.3 Å². The number of pyridine rings is 1. The molecule has 3 heterocycles. The number of aryl methyl sites for hydroxylation is 2. The van der Waals surface area contributed by atoms with E-state index in [4.69, 9.17) is 14.5 Å². The van der Waals surface area contributed by atoms with E-state index in [2.05, 4.69) is 19.1 Å². The number of hydrogen-bond donors (Lipinski definition) is 0. The summed E-state index contributed by atoms with van der Waals surface area (Å²) >= 11 is 0. The maximum Gasteiger partial charge on any atom is 0.346 e. The third kappa shape index (κ3) is 2.61. The Morgan fingerprint density at radius 3 is 2.47 bits per heavy atom. The molecule has 0 radical (unpaired) electrons. The summed E-state index contributed by atoms with van der Waals surface area (Å²) in [5, 5.41) is 10.3. The van der Waals surface area contributed by atoms with Gasteiger partial charge < -0.3 is 4.42 Å². The Balaban J connectivity index is 1.93. The summed E-state index contributed by atoms with van der Waals surface area (Å²) in [6, 6.07) is 22.1. The van der Waals surface area contributed by atoms with Crippen molar-refractivity contribution < 1.29 is 4.42 Å². The molecule has 0 aliphatic carbocycles. The predicted octanol–water partition coefficient (Wildman–Crippen LogP) is 6.09. The Labute approximate surface area is 183 Å². The number of benzene rings is 3. The van der Waals surface area contributed by atoms with Gasteiger partial charge >= 0.3 is 5.63 Å². The van der Waals surface area contributed by atoms with Crippen LogP contribution in [0.25, 0.3) is 49.2 Å². The Hall–Kier alpha value is -3.99. The molecule has 0 saturated carbocycles. The van der Waals surface area contributed by atoms with Gasteiger partial charge in [-0.3, -0.25) is 0 Å². The van der Waals surface area contributed by atoms with E-state index in [1.807, 2.05) is 66.2 Å². The van der Waals surface area contributed by atoms with Gasteiger partial charge in [0.1, 0.15) is 5.58 Å². The lowest BCUT2D eigenvalue weighted by molar-refractivity contribution is 0.569. The van der Waals surface area contributed by atoms with Gasteiger partial charge in [0.15, 0.2) is 5.65 Å². The first-order valence-electron chi connectivity index (χ1n) is 10.9. The molecule has 0 bridgehead atoms. The van der Waals surface area contributed by atoms with Crippen LogP contribution in [0.1, 0.15) is 24.7 Å². The minimum Gasteiger partial charge on any atom is -0.422 e. The standard InChI is InChI=1S/C27H21N3O2/c1-3-9-20-24-25(22-16(2)29-30(26(22)28-20)18-11-5-4-6-12-18)23-19-13-8-7-10-17(19)14-15-21(23)32-27(24)31/h4-8,10-15H,3,9H2,1-2H3. The Kier molecular flexibility index (Phi) is 4.12. The second-order valence-electron chi connectivity index (χ2n) is 8.14. The van der Waals surface area contributed by atoms with Crippen molar-refractivity contribution in [3.8, 4) is 5.69 Å². The molecule has 6 rings (SSSR count). The summed E-state index contributed by atoms with van der Waals surface area (Å²) in [4.78, 5) is 18.2.